The van der Waals surface area contributed by atoms with Gasteiger partial charge in [0.15, 0.2) is 0 Å². The third-order valence-corrected chi connectivity index (χ3v) is 4.82. The van der Waals surface area contributed by atoms with Gasteiger partial charge in [-0.15, -0.1) is 24.8 Å². The standard InChI is InChI=1S/C19H22F3N3O2.2ClH/c1-12-8-13(24-9-17(26)27-2)11-25(10-12)16-6-5-15(19(20,21)22)18-14(16)4-3-7-23-18;;/h3-7,12-13,24H,8-11H2,1-2H3;2*1H/t12-,13+;;/m0../s1. The Morgan fingerprint density at radius 2 is 2.00 bits per heavy atom. The molecule has 0 radical (unpaired) electrons. The maximum atomic E-state index is 13.3. The van der Waals surface area contributed by atoms with Gasteiger partial charge < -0.3 is 15.0 Å². The Bertz CT molecular complexity index is 836. The molecule has 0 amide bonds. The van der Waals surface area contributed by atoms with Crippen molar-refractivity contribution in [2.75, 3.05) is 31.6 Å². The topological polar surface area (TPSA) is 54.5 Å². The second-order valence-electron chi connectivity index (χ2n) is 6.93. The third-order valence-electron chi connectivity index (χ3n) is 4.82. The number of pyridine rings is 1. The molecule has 1 aliphatic heterocycles. The average Bonchev–Trinajstić information content (AvgIpc) is 2.63. The Morgan fingerprint density at radius 3 is 2.66 bits per heavy atom. The van der Waals surface area contributed by atoms with Crippen LogP contribution < -0.4 is 10.2 Å². The molecule has 29 heavy (non-hydrogen) atoms. The fourth-order valence-corrected chi connectivity index (χ4v) is 3.66. The first kappa shape index (κ1) is 25.3. The number of halogens is 5. The van der Waals surface area contributed by atoms with Crippen LogP contribution in [-0.4, -0.2) is 43.7 Å². The molecular weight excluding hydrogens is 430 g/mol. The van der Waals surface area contributed by atoms with Crippen LogP contribution in [0.5, 0.6) is 0 Å². The van der Waals surface area contributed by atoms with Crippen LogP contribution in [0.3, 0.4) is 0 Å². The zero-order valence-electron chi connectivity index (χ0n) is 16.0. The van der Waals surface area contributed by atoms with Gasteiger partial charge in [-0.1, -0.05) is 6.92 Å². The fourth-order valence-electron chi connectivity index (χ4n) is 3.66. The molecule has 10 heteroatoms. The quantitative estimate of drug-likeness (QED) is 0.706. The highest BCUT2D eigenvalue weighted by Gasteiger charge is 2.34. The predicted molar refractivity (Wildman–Crippen MR) is 111 cm³/mol. The highest BCUT2D eigenvalue weighted by Crippen LogP contribution is 2.38. The molecule has 1 fully saturated rings. The molecule has 1 saturated heterocycles. The number of anilines is 1. The maximum Gasteiger partial charge on any atom is 0.418 e. The molecule has 162 valence electrons. The predicted octanol–water partition coefficient (Wildman–Crippen LogP) is 4.07. The van der Waals surface area contributed by atoms with Crippen molar-refractivity contribution in [1.82, 2.24) is 10.3 Å². The van der Waals surface area contributed by atoms with Gasteiger partial charge in [0.2, 0.25) is 0 Å². The lowest BCUT2D eigenvalue weighted by molar-refractivity contribution is -0.139. The van der Waals surface area contributed by atoms with Gasteiger partial charge in [-0.2, -0.15) is 13.2 Å². The molecule has 0 bridgehead atoms. The van der Waals surface area contributed by atoms with E-state index in [-0.39, 0.29) is 48.9 Å². The van der Waals surface area contributed by atoms with Crippen LogP contribution in [0.25, 0.3) is 10.9 Å². The van der Waals surface area contributed by atoms with E-state index in [1.165, 1.54) is 19.4 Å². The second kappa shape index (κ2) is 10.3. The second-order valence-corrected chi connectivity index (χ2v) is 6.93. The maximum absolute atomic E-state index is 13.3. The van der Waals surface area contributed by atoms with Crippen molar-refractivity contribution in [2.24, 2.45) is 5.92 Å². The summed E-state index contributed by atoms with van der Waals surface area (Å²) in [5.74, 6) is -0.0214. The first-order valence-electron chi connectivity index (χ1n) is 8.79. The van der Waals surface area contributed by atoms with E-state index in [0.717, 1.165) is 24.7 Å². The van der Waals surface area contributed by atoms with Crippen molar-refractivity contribution >= 4 is 47.4 Å². The Morgan fingerprint density at radius 1 is 1.28 bits per heavy atom. The summed E-state index contributed by atoms with van der Waals surface area (Å²) in [6.07, 6.45) is -2.20. The first-order chi connectivity index (χ1) is 12.8. The number of carbonyl (C=O) groups is 1. The Hall–Kier alpha value is -1.77. The number of nitrogens with zero attached hydrogens (tertiary/aromatic N) is 2. The van der Waals surface area contributed by atoms with Crippen LogP contribution in [0, 0.1) is 5.92 Å². The molecule has 3 rings (SSSR count). The summed E-state index contributed by atoms with van der Waals surface area (Å²) in [7, 11) is 1.33. The van der Waals surface area contributed by atoms with Crippen LogP contribution in [0.4, 0.5) is 18.9 Å². The normalized spacial score (nSPS) is 19.3. The largest absolute Gasteiger partial charge is 0.468 e. The minimum Gasteiger partial charge on any atom is -0.468 e. The zero-order valence-corrected chi connectivity index (χ0v) is 17.7. The van der Waals surface area contributed by atoms with E-state index in [9.17, 15) is 18.0 Å². The zero-order chi connectivity index (χ0) is 19.6. The number of carbonyl (C=O) groups excluding carboxylic acids is 1. The highest BCUT2D eigenvalue weighted by molar-refractivity contribution is 5.94. The number of fused-ring (bicyclic) bond motifs is 1. The Kier molecular flexibility index (Phi) is 8.99. The summed E-state index contributed by atoms with van der Waals surface area (Å²) in [5.41, 5.74) is -0.0467. The fraction of sp³-hybridized carbons (Fsp3) is 0.474. The molecule has 2 heterocycles. The Labute approximate surface area is 179 Å². The number of hydrogen-bond donors (Lipinski definition) is 1. The summed E-state index contributed by atoms with van der Waals surface area (Å²) in [4.78, 5) is 17.4. The van der Waals surface area contributed by atoms with Crippen LogP contribution in [0.15, 0.2) is 30.5 Å². The van der Waals surface area contributed by atoms with Crippen molar-refractivity contribution in [3.63, 3.8) is 0 Å². The van der Waals surface area contributed by atoms with E-state index in [1.807, 2.05) is 0 Å². The lowest BCUT2D eigenvalue weighted by atomic mass is 9.94. The molecule has 0 aliphatic carbocycles. The summed E-state index contributed by atoms with van der Waals surface area (Å²) >= 11 is 0. The van der Waals surface area contributed by atoms with Crippen molar-refractivity contribution < 1.29 is 22.7 Å². The molecule has 0 unspecified atom stereocenters. The number of ether oxygens (including phenoxy) is 1. The van der Waals surface area contributed by atoms with Gasteiger partial charge in [0.25, 0.3) is 0 Å². The SMILES string of the molecule is COC(=O)CN[C@@H]1C[C@H](C)CN(c2ccc(C(F)(F)F)c3ncccc23)C1.Cl.Cl. The van der Waals surface area contributed by atoms with E-state index < -0.39 is 11.7 Å². The molecule has 1 aromatic heterocycles. The number of rotatable bonds is 4. The monoisotopic (exact) mass is 453 g/mol. The van der Waals surface area contributed by atoms with Gasteiger partial charge in [-0.25, -0.2) is 0 Å². The minimum absolute atomic E-state index is 0. The van der Waals surface area contributed by atoms with Crippen LogP contribution in [-0.2, 0) is 15.7 Å². The van der Waals surface area contributed by atoms with Crippen LogP contribution in [0.1, 0.15) is 18.9 Å². The molecular formula is C19H24Cl2F3N3O2. The number of nitrogens with one attached hydrogen (secondary N) is 1. The lowest BCUT2D eigenvalue weighted by Crippen LogP contribution is -2.50. The van der Waals surface area contributed by atoms with Crippen LogP contribution in [0.2, 0.25) is 0 Å². The van der Waals surface area contributed by atoms with E-state index in [4.69, 9.17) is 0 Å². The molecule has 0 saturated carbocycles. The Balaban J connectivity index is 0.00000210. The molecule has 1 aliphatic rings. The molecule has 1 N–H and O–H groups in total. The van der Waals surface area contributed by atoms with E-state index in [1.54, 1.807) is 12.1 Å². The molecule has 5 nitrogen and oxygen atoms in total. The number of methoxy groups -OCH3 is 1. The van der Waals surface area contributed by atoms with E-state index >= 15 is 0 Å². The molecule has 1 aromatic carbocycles. The summed E-state index contributed by atoms with van der Waals surface area (Å²) < 4.78 is 44.6. The van der Waals surface area contributed by atoms with Gasteiger partial charge in [-0.3, -0.25) is 9.78 Å². The van der Waals surface area contributed by atoms with Gasteiger partial charge in [0, 0.05) is 36.4 Å². The first-order valence-corrected chi connectivity index (χ1v) is 8.79. The summed E-state index contributed by atoms with van der Waals surface area (Å²) in [6.45, 7) is 3.52. The number of benzene rings is 1. The molecule has 2 atom stereocenters. The molecule has 0 spiro atoms. The third kappa shape index (κ3) is 5.87. The summed E-state index contributed by atoms with van der Waals surface area (Å²) in [6, 6.07) is 5.97. The number of alkyl halides is 3. The average molecular weight is 454 g/mol. The van der Waals surface area contributed by atoms with Crippen molar-refractivity contribution in [3.8, 4) is 0 Å². The van der Waals surface area contributed by atoms with Gasteiger partial charge in [-0.05, 0) is 36.6 Å². The number of piperidine rings is 1. The summed E-state index contributed by atoms with van der Waals surface area (Å²) in [5, 5.41) is 3.65. The number of hydrogen-bond acceptors (Lipinski definition) is 5. The lowest BCUT2D eigenvalue weighted by Gasteiger charge is -2.39. The van der Waals surface area contributed by atoms with E-state index in [0.29, 0.717) is 17.8 Å². The molecule has 2 aromatic rings. The van der Waals surface area contributed by atoms with Crippen molar-refractivity contribution in [1.29, 1.82) is 0 Å². The minimum atomic E-state index is -4.45. The van der Waals surface area contributed by atoms with Gasteiger partial charge in [0.1, 0.15) is 0 Å². The van der Waals surface area contributed by atoms with Gasteiger partial charge in [0.05, 0.1) is 24.7 Å². The number of esters is 1. The highest BCUT2D eigenvalue weighted by atomic mass is 35.5. The van der Waals surface area contributed by atoms with E-state index in [2.05, 4.69) is 26.9 Å². The van der Waals surface area contributed by atoms with Gasteiger partial charge >= 0.3 is 12.1 Å². The van der Waals surface area contributed by atoms with Crippen LogP contribution >= 0.6 is 24.8 Å². The van der Waals surface area contributed by atoms with Crippen molar-refractivity contribution in [3.05, 3.63) is 36.0 Å². The number of aromatic nitrogens is 1. The smallest absolute Gasteiger partial charge is 0.418 e. The van der Waals surface area contributed by atoms with Crippen molar-refractivity contribution in [2.45, 2.75) is 25.6 Å².